The van der Waals surface area contributed by atoms with Crippen LogP contribution in [-0.4, -0.2) is 35.7 Å². The van der Waals surface area contributed by atoms with Crippen LogP contribution in [0.4, 0.5) is 0 Å². The van der Waals surface area contributed by atoms with Crippen LogP contribution >= 0.6 is 0 Å². The molecule has 7 nitrogen and oxygen atoms in total. The van der Waals surface area contributed by atoms with Gasteiger partial charge in [-0.2, -0.15) is 10.2 Å². The Morgan fingerprint density at radius 3 is 2.96 bits per heavy atom. The molecule has 0 atom stereocenters. The Morgan fingerprint density at radius 1 is 1.15 bits per heavy atom. The van der Waals surface area contributed by atoms with E-state index in [-0.39, 0.29) is 0 Å². The lowest BCUT2D eigenvalue weighted by atomic mass is 10.2. The van der Waals surface area contributed by atoms with Crippen LogP contribution in [0.1, 0.15) is 11.3 Å². The summed E-state index contributed by atoms with van der Waals surface area (Å²) in [5.41, 5.74) is 4.43. The Hall–Kier alpha value is -3.19. The van der Waals surface area contributed by atoms with E-state index in [9.17, 15) is 0 Å². The number of fused-ring (bicyclic) bond motifs is 1. The smallest absolute Gasteiger partial charge is 0.160 e. The second-order valence-electron chi connectivity index (χ2n) is 6.74. The van der Waals surface area contributed by atoms with Crippen LogP contribution in [0.2, 0.25) is 0 Å². The number of para-hydroxylation sites is 1. The predicted molar refractivity (Wildman–Crippen MR) is 102 cm³/mol. The van der Waals surface area contributed by atoms with Crippen LogP contribution in [-0.2, 0) is 26.1 Å². The van der Waals surface area contributed by atoms with Gasteiger partial charge in [-0.15, -0.1) is 0 Å². The summed E-state index contributed by atoms with van der Waals surface area (Å²) < 4.78 is 6.16. The fraction of sp³-hybridized carbons (Fsp3) is 0.250. The zero-order valence-corrected chi connectivity index (χ0v) is 15.0. The molecular formula is C20H21N7. The fourth-order valence-corrected chi connectivity index (χ4v) is 3.49. The van der Waals surface area contributed by atoms with Gasteiger partial charge in [0.2, 0.25) is 0 Å². The summed E-state index contributed by atoms with van der Waals surface area (Å²) in [7, 11) is 0. The number of nitrogens with one attached hydrogen (secondary N) is 1. The molecule has 0 spiro atoms. The van der Waals surface area contributed by atoms with Gasteiger partial charge in [0.15, 0.2) is 5.82 Å². The average molecular weight is 359 g/mol. The number of aryl methyl sites for hydroxylation is 2. The van der Waals surface area contributed by atoms with E-state index in [1.807, 2.05) is 41.5 Å². The van der Waals surface area contributed by atoms with Crippen molar-refractivity contribution in [3.63, 3.8) is 0 Å². The van der Waals surface area contributed by atoms with Crippen LogP contribution in [0.15, 0.2) is 61.2 Å². The average Bonchev–Trinajstić information content (AvgIpc) is 3.45. The van der Waals surface area contributed by atoms with Gasteiger partial charge in [0, 0.05) is 38.2 Å². The lowest BCUT2D eigenvalue weighted by Gasteiger charge is -2.13. The minimum absolute atomic E-state index is 0.844. The number of aromatic nitrogens is 6. The van der Waals surface area contributed by atoms with Crippen molar-refractivity contribution in [1.82, 2.24) is 34.4 Å². The number of rotatable bonds is 5. The monoisotopic (exact) mass is 359 g/mol. The normalized spacial score (nSPS) is 13.6. The molecule has 0 radical (unpaired) electrons. The minimum atomic E-state index is 0.844. The van der Waals surface area contributed by atoms with E-state index in [2.05, 4.69) is 49.0 Å². The summed E-state index contributed by atoms with van der Waals surface area (Å²) in [5, 5.41) is 12.6. The second kappa shape index (κ2) is 6.85. The third kappa shape index (κ3) is 3.17. The van der Waals surface area contributed by atoms with Gasteiger partial charge in [-0.3, -0.25) is 4.68 Å². The van der Waals surface area contributed by atoms with Gasteiger partial charge < -0.3 is 9.88 Å². The summed E-state index contributed by atoms with van der Waals surface area (Å²) in [6, 6.07) is 12.3. The SMILES string of the molecule is c1ccc(-n2cc(CCn3ccnc3-c3cc4n(n3)CCNC4)cn2)cc1. The van der Waals surface area contributed by atoms with Crippen molar-refractivity contribution in [3.05, 3.63) is 72.4 Å². The molecule has 0 saturated carbocycles. The molecule has 0 fully saturated rings. The second-order valence-corrected chi connectivity index (χ2v) is 6.74. The first-order valence-corrected chi connectivity index (χ1v) is 9.25. The first-order chi connectivity index (χ1) is 13.4. The molecule has 3 aromatic heterocycles. The minimum Gasteiger partial charge on any atom is -0.329 e. The van der Waals surface area contributed by atoms with Crippen LogP contribution in [0.5, 0.6) is 0 Å². The van der Waals surface area contributed by atoms with E-state index in [0.717, 1.165) is 49.8 Å². The molecule has 1 aliphatic rings. The zero-order valence-electron chi connectivity index (χ0n) is 15.0. The van der Waals surface area contributed by atoms with E-state index >= 15 is 0 Å². The van der Waals surface area contributed by atoms with Gasteiger partial charge >= 0.3 is 0 Å². The van der Waals surface area contributed by atoms with Gasteiger partial charge in [0.25, 0.3) is 0 Å². The van der Waals surface area contributed by atoms with Crippen molar-refractivity contribution in [2.24, 2.45) is 0 Å². The van der Waals surface area contributed by atoms with Gasteiger partial charge in [-0.25, -0.2) is 9.67 Å². The molecule has 27 heavy (non-hydrogen) atoms. The molecule has 0 aliphatic carbocycles. The molecule has 1 aromatic carbocycles. The predicted octanol–water partition coefficient (Wildman–Crippen LogP) is 2.28. The molecule has 1 aliphatic heterocycles. The van der Waals surface area contributed by atoms with Crippen LogP contribution in [0.3, 0.4) is 0 Å². The number of nitrogens with zero attached hydrogens (tertiary/aromatic N) is 6. The van der Waals surface area contributed by atoms with E-state index in [4.69, 9.17) is 5.10 Å². The Kier molecular flexibility index (Phi) is 4.06. The van der Waals surface area contributed by atoms with E-state index in [1.165, 1.54) is 11.3 Å². The Labute approximate surface area is 157 Å². The summed E-state index contributed by atoms with van der Waals surface area (Å²) in [4.78, 5) is 4.54. The third-order valence-corrected chi connectivity index (χ3v) is 4.91. The van der Waals surface area contributed by atoms with Gasteiger partial charge in [-0.05, 0) is 30.2 Å². The summed E-state index contributed by atoms with van der Waals surface area (Å²) in [6.07, 6.45) is 8.79. The molecule has 4 heterocycles. The third-order valence-electron chi connectivity index (χ3n) is 4.91. The number of imidazole rings is 1. The maximum atomic E-state index is 4.73. The first-order valence-electron chi connectivity index (χ1n) is 9.25. The largest absolute Gasteiger partial charge is 0.329 e. The molecule has 5 rings (SSSR count). The molecule has 1 N–H and O–H groups in total. The lowest BCUT2D eigenvalue weighted by Crippen LogP contribution is -2.28. The maximum absolute atomic E-state index is 4.73. The highest BCUT2D eigenvalue weighted by Gasteiger charge is 2.16. The molecule has 136 valence electrons. The Balaban J connectivity index is 1.32. The molecule has 7 heteroatoms. The fourth-order valence-electron chi connectivity index (χ4n) is 3.49. The van der Waals surface area contributed by atoms with Crippen molar-refractivity contribution < 1.29 is 0 Å². The van der Waals surface area contributed by atoms with Crippen molar-refractivity contribution in [3.8, 4) is 17.2 Å². The molecule has 0 unspecified atom stereocenters. The van der Waals surface area contributed by atoms with Crippen molar-refractivity contribution in [2.45, 2.75) is 26.1 Å². The number of hydrogen-bond donors (Lipinski definition) is 1. The highest BCUT2D eigenvalue weighted by atomic mass is 15.3. The van der Waals surface area contributed by atoms with Gasteiger partial charge in [-0.1, -0.05) is 18.2 Å². The Bertz CT molecular complexity index is 1020. The van der Waals surface area contributed by atoms with Crippen molar-refractivity contribution in [1.29, 1.82) is 0 Å². The van der Waals surface area contributed by atoms with Crippen molar-refractivity contribution >= 4 is 0 Å². The zero-order chi connectivity index (χ0) is 18.1. The summed E-state index contributed by atoms with van der Waals surface area (Å²) >= 11 is 0. The molecule has 0 bridgehead atoms. The quantitative estimate of drug-likeness (QED) is 0.594. The molecule has 0 saturated heterocycles. The molecule has 4 aromatic rings. The highest BCUT2D eigenvalue weighted by molar-refractivity contribution is 5.50. The molecular weight excluding hydrogens is 338 g/mol. The van der Waals surface area contributed by atoms with Gasteiger partial charge in [0.1, 0.15) is 5.69 Å². The van der Waals surface area contributed by atoms with Crippen molar-refractivity contribution in [2.75, 3.05) is 6.54 Å². The lowest BCUT2D eigenvalue weighted by molar-refractivity contribution is 0.476. The summed E-state index contributed by atoms with van der Waals surface area (Å²) in [6.45, 7) is 3.59. The number of benzene rings is 1. The van der Waals surface area contributed by atoms with Crippen LogP contribution in [0, 0.1) is 0 Å². The van der Waals surface area contributed by atoms with E-state index in [1.54, 1.807) is 0 Å². The Morgan fingerprint density at radius 2 is 2.07 bits per heavy atom. The first kappa shape index (κ1) is 16.0. The van der Waals surface area contributed by atoms with E-state index < -0.39 is 0 Å². The van der Waals surface area contributed by atoms with E-state index in [0.29, 0.717) is 0 Å². The molecule has 0 amide bonds. The topological polar surface area (TPSA) is 65.5 Å². The highest BCUT2D eigenvalue weighted by Crippen LogP contribution is 2.19. The summed E-state index contributed by atoms with van der Waals surface area (Å²) in [5.74, 6) is 0.923. The maximum Gasteiger partial charge on any atom is 0.160 e. The van der Waals surface area contributed by atoms with Crippen LogP contribution < -0.4 is 5.32 Å². The number of hydrogen-bond acceptors (Lipinski definition) is 4. The van der Waals surface area contributed by atoms with Gasteiger partial charge in [0.05, 0.1) is 24.1 Å². The van der Waals surface area contributed by atoms with Crippen LogP contribution in [0.25, 0.3) is 17.2 Å². The standard InChI is InChI=1S/C20H21N7/c1-2-4-17(5-3-1)27-15-16(13-23-27)6-9-25-10-8-22-20(25)19-12-18-14-21-7-11-26(18)24-19/h1-5,8,10,12-13,15,21H,6-7,9,11,14H2.